The summed E-state index contributed by atoms with van der Waals surface area (Å²) in [6.45, 7) is 15.9. The molecular formula is C53H84NO14P. The lowest BCUT2D eigenvalue weighted by Gasteiger charge is -2.42. The van der Waals surface area contributed by atoms with Gasteiger partial charge in [0, 0.05) is 71.8 Å². The van der Waals surface area contributed by atoms with Gasteiger partial charge in [0.15, 0.2) is 18.9 Å². The minimum absolute atomic E-state index is 0.0144. The maximum Gasteiger partial charge on any atom is 0.329 e. The SMILES string of the molecule is CO[C@H]1C[C@@H]2CC[C@@H](C)C(O)(O2)C(=O)C(=O)N2CCCCC2C(=O)OC([C@H](C)CC2CC[C@@H](OP(C)(C)=O)[C@H](OC)C2)CC(=O)C(C)=CC(C)[C@@H](O)[C@@H](OC)C(=O)[C@H](C)C[C@H](C)C=CC=CC=C1C. The maximum atomic E-state index is 14.5. The Morgan fingerprint density at radius 1 is 0.870 bits per heavy atom. The molecule has 4 aliphatic rings. The average Bonchev–Trinajstić information content (AvgIpc) is 3.30. The van der Waals surface area contributed by atoms with Crippen LogP contribution in [0, 0.1) is 35.5 Å². The van der Waals surface area contributed by atoms with E-state index in [9.17, 15) is 38.8 Å². The molecule has 4 rings (SSSR count). The number of carbonyl (C=O) groups is 5. The fraction of sp³-hybridized carbons (Fsp3) is 0.755. The predicted molar refractivity (Wildman–Crippen MR) is 263 cm³/mol. The highest BCUT2D eigenvalue weighted by molar-refractivity contribution is 7.57. The molecular weight excluding hydrogens is 906 g/mol. The summed E-state index contributed by atoms with van der Waals surface area (Å²) in [7, 11) is 1.76. The van der Waals surface area contributed by atoms with Gasteiger partial charge < -0.3 is 43.3 Å². The molecule has 0 aromatic carbocycles. The Balaban J connectivity index is 1.70. The first kappa shape index (κ1) is 58.4. The topological polar surface area (TPSA) is 201 Å². The number of piperidine rings is 1. The number of hydrogen-bond donors (Lipinski definition) is 2. The van der Waals surface area contributed by atoms with Crippen LogP contribution in [0.4, 0.5) is 0 Å². The van der Waals surface area contributed by atoms with E-state index in [1.165, 1.54) is 12.0 Å². The van der Waals surface area contributed by atoms with Gasteiger partial charge in [0.05, 0.1) is 30.5 Å². The quantitative estimate of drug-likeness (QED) is 0.136. The van der Waals surface area contributed by atoms with Gasteiger partial charge in [0.25, 0.3) is 11.7 Å². The third-order valence-corrected chi connectivity index (χ3v) is 15.6. The molecule has 0 aromatic rings. The van der Waals surface area contributed by atoms with E-state index in [0.29, 0.717) is 63.4 Å². The van der Waals surface area contributed by atoms with Crippen molar-refractivity contribution in [1.82, 2.24) is 4.90 Å². The summed E-state index contributed by atoms with van der Waals surface area (Å²) in [5.41, 5.74) is 1.18. The number of hydrogen-bond acceptors (Lipinski definition) is 14. The highest BCUT2D eigenvalue weighted by Crippen LogP contribution is 2.45. The number of carbonyl (C=O) groups excluding carboxylic acids is 5. The van der Waals surface area contributed by atoms with E-state index < -0.39 is 85.1 Å². The number of methoxy groups -OCH3 is 3. The summed E-state index contributed by atoms with van der Waals surface area (Å²) in [4.78, 5) is 72.2. The second-order valence-electron chi connectivity index (χ2n) is 20.9. The van der Waals surface area contributed by atoms with Gasteiger partial charge in [-0.1, -0.05) is 71.1 Å². The van der Waals surface area contributed by atoms with E-state index in [1.807, 2.05) is 58.1 Å². The van der Waals surface area contributed by atoms with E-state index in [2.05, 4.69) is 0 Å². The van der Waals surface area contributed by atoms with Gasteiger partial charge in [-0.05, 0) is 107 Å². The number of cyclic esters (lactones) is 1. The minimum Gasteiger partial charge on any atom is -0.460 e. The van der Waals surface area contributed by atoms with Crippen LogP contribution in [-0.4, -0.2) is 140 Å². The van der Waals surface area contributed by atoms with Crippen molar-refractivity contribution in [3.63, 3.8) is 0 Å². The second-order valence-corrected chi connectivity index (χ2v) is 23.6. The predicted octanol–water partition coefficient (Wildman–Crippen LogP) is 7.74. The Morgan fingerprint density at radius 2 is 1.58 bits per heavy atom. The molecule has 69 heavy (non-hydrogen) atoms. The summed E-state index contributed by atoms with van der Waals surface area (Å²) in [6, 6.07) is -1.16. The number of allylic oxidation sites excluding steroid dienone is 6. The van der Waals surface area contributed by atoms with Gasteiger partial charge in [-0.15, -0.1) is 0 Å². The number of ketones is 3. The van der Waals surface area contributed by atoms with Gasteiger partial charge in [0.1, 0.15) is 18.2 Å². The van der Waals surface area contributed by atoms with E-state index in [1.54, 1.807) is 54.4 Å². The van der Waals surface area contributed by atoms with E-state index in [4.69, 9.17) is 28.2 Å². The fourth-order valence-corrected chi connectivity index (χ4v) is 11.5. The zero-order valence-corrected chi connectivity index (χ0v) is 44.3. The molecule has 1 aliphatic carbocycles. The Labute approximate surface area is 411 Å². The molecule has 2 bridgehead atoms. The standard InChI is InChI=1S/C53H84NO14P/c1-32-18-14-13-15-19-33(2)44(63-8)30-40-23-21-38(7)53(61,67-40)50(58)51(59)54-25-17-16-20-41(54)52(60)66-45(35(4)28-39-22-24-43(46(29-39)64-9)68-69(11,12)62)31-42(55)34(3)27-37(6)48(57)49(65-10)47(56)36(5)26-32/h13-15,18-19,27,32,35-41,43-46,48-49,57,61H,16-17,20-26,28-31H2,1-12H3/t32-,35-,36-,37?,38-,39?,40+,41?,43-,44+,45?,46-,48-,49+,53?/m1/s1. The lowest BCUT2D eigenvalue weighted by Crippen LogP contribution is -2.61. The third-order valence-electron chi connectivity index (χ3n) is 14.9. The molecule has 1 amide bonds. The van der Waals surface area contributed by atoms with Gasteiger partial charge in [-0.3, -0.25) is 23.7 Å². The first-order valence-corrected chi connectivity index (χ1v) is 27.7. The number of Topliss-reactive ketones (excluding diaryl/α,β-unsaturated/α-hetero) is 3. The van der Waals surface area contributed by atoms with Crippen LogP contribution in [0.3, 0.4) is 0 Å². The van der Waals surface area contributed by atoms with E-state index in [-0.39, 0.29) is 60.9 Å². The monoisotopic (exact) mass is 990 g/mol. The molecule has 1 saturated carbocycles. The number of amides is 1. The maximum absolute atomic E-state index is 14.5. The van der Waals surface area contributed by atoms with Crippen LogP contribution in [0.5, 0.6) is 0 Å². The van der Waals surface area contributed by atoms with Gasteiger partial charge in [0.2, 0.25) is 5.79 Å². The first-order valence-electron chi connectivity index (χ1n) is 25.2. The van der Waals surface area contributed by atoms with Gasteiger partial charge >= 0.3 is 5.97 Å². The van der Waals surface area contributed by atoms with Crippen LogP contribution in [0.2, 0.25) is 0 Å². The molecule has 390 valence electrons. The Hall–Kier alpha value is -3.14. The first-order chi connectivity index (χ1) is 32.4. The molecule has 5 unspecified atom stereocenters. The van der Waals surface area contributed by atoms with Crippen LogP contribution in [-0.2, 0) is 56.7 Å². The molecule has 3 fully saturated rings. The lowest BCUT2D eigenvalue weighted by molar-refractivity contribution is -0.265. The van der Waals surface area contributed by atoms with Gasteiger partial charge in [-0.2, -0.15) is 0 Å². The molecule has 2 N–H and O–H groups in total. The summed E-state index contributed by atoms with van der Waals surface area (Å²) >= 11 is 0. The number of esters is 1. The zero-order chi connectivity index (χ0) is 51.4. The second kappa shape index (κ2) is 26.5. The smallest absolute Gasteiger partial charge is 0.329 e. The van der Waals surface area contributed by atoms with Crippen LogP contribution < -0.4 is 0 Å². The molecule has 0 radical (unpaired) electrons. The van der Waals surface area contributed by atoms with Crippen molar-refractivity contribution in [2.45, 2.75) is 180 Å². The van der Waals surface area contributed by atoms with Crippen molar-refractivity contribution < 1.29 is 67.0 Å². The normalized spacial score (nSPS) is 36.6. The van der Waals surface area contributed by atoms with Crippen LogP contribution in [0.15, 0.2) is 47.6 Å². The van der Waals surface area contributed by atoms with Crippen molar-refractivity contribution in [2.24, 2.45) is 35.5 Å². The molecule has 0 aromatic heterocycles. The molecule has 3 heterocycles. The highest BCUT2D eigenvalue weighted by Gasteiger charge is 2.53. The van der Waals surface area contributed by atoms with Crippen molar-refractivity contribution in [2.75, 3.05) is 41.2 Å². The van der Waals surface area contributed by atoms with Crippen molar-refractivity contribution in [1.29, 1.82) is 0 Å². The third kappa shape index (κ3) is 16.2. The largest absolute Gasteiger partial charge is 0.460 e. The number of fused-ring (bicyclic) bond motifs is 3. The Kier molecular flexibility index (Phi) is 22.5. The molecule has 0 spiro atoms. The number of nitrogens with zero attached hydrogens (tertiary/aromatic N) is 1. The molecule has 3 aliphatic heterocycles. The molecule has 15 nitrogen and oxygen atoms in total. The minimum atomic E-state index is -2.79. The Bertz CT molecular complexity index is 1940. The number of aliphatic hydroxyl groups is 2. The van der Waals surface area contributed by atoms with E-state index >= 15 is 0 Å². The molecule has 15 atom stereocenters. The van der Waals surface area contributed by atoms with Crippen molar-refractivity contribution in [3.8, 4) is 0 Å². The summed E-state index contributed by atoms with van der Waals surface area (Å²) in [5, 5.41) is 23.5. The number of ether oxygens (including phenoxy) is 5. The van der Waals surface area contributed by atoms with Crippen molar-refractivity contribution >= 4 is 36.6 Å². The highest BCUT2D eigenvalue weighted by atomic mass is 31.2. The van der Waals surface area contributed by atoms with Crippen molar-refractivity contribution in [3.05, 3.63) is 47.6 Å². The average molecular weight is 990 g/mol. The van der Waals surface area contributed by atoms with Crippen LogP contribution >= 0.6 is 7.37 Å². The summed E-state index contributed by atoms with van der Waals surface area (Å²) in [6.07, 6.45) is 11.4. The van der Waals surface area contributed by atoms with Crippen LogP contribution in [0.25, 0.3) is 0 Å². The number of aliphatic hydroxyl groups excluding tert-OH is 1. The fourth-order valence-electron chi connectivity index (χ4n) is 10.6. The van der Waals surface area contributed by atoms with E-state index in [0.717, 1.165) is 12.0 Å². The summed E-state index contributed by atoms with van der Waals surface area (Å²) in [5.74, 6) is -8.08. The lowest BCUT2D eigenvalue weighted by atomic mass is 9.78. The van der Waals surface area contributed by atoms with Crippen LogP contribution in [0.1, 0.15) is 126 Å². The summed E-state index contributed by atoms with van der Waals surface area (Å²) < 4.78 is 48.2. The Morgan fingerprint density at radius 3 is 2.23 bits per heavy atom. The molecule has 16 heteroatoms. The molecule has 2 saturated heterocycles. The van der Waals surface area contributed by atoms with Gasteiger partial charge in [-0.25, -0.2) is 4.79 Å². The number of rotatable bonds is 8. The zero-order valence-electron chi connectivity index (χ0n) is 43.4.